The fourth-order valence-electron chi connectivity index (χ4n) is 3.41. The maximum atomic E-state index is 12.8. The number of thiazole rings is 1. The van der Waals surface area contributed by atoms with E-state index >= 15 is 0 Å². The van der Waals surface area contributed by atoms with Crippen molar-refractivity contribution in [3.63, 3.8) is 0 Å². The highest BCUT2D eigenvalue weighted by Crippen LogP contribution is 2.35. The van der Waals surface area contributed by atoms with Crippen molar-refractivity contribution in [3.05, 3.63) is 16.1 Å². The lowest BCUT2D eigenvalue weighted by Gasteiger charge is -2.49. The molecule has 1 saturated heterocycles. The zero-order valence-corrected chi connectivity index (χ0v) is 12.3. The van der Waals surface area contributed by atoms with Crippen molar-refractivity contribution in [1.29, 1.82) is 0 Å². The van der Waals surface area contributed by atoms with E-state index in [9.17, 15) is 4.79 Å². The molecule has 5 heteroatoms. The molecule has 19 heavy (non-hydrogen) atoms. The van der Waals surface area contributed by atoms with Gasteiger partial charge in [0.15, 0.2) is 0 Å². The summed E-state index contributed by atoms with van der Waals surface area (Å²) < 4.78 is 0. The molecule has 1 spiro atoms. The average Bonchev–Trinajstić information content (AvgIpc) is 2.86. The van der Waals surface area contributed by atoms with E-state index in [0.717, 1.165) is 42.4 Å². The molecule has 1 aliphatic carbocycles. The highest BCUT2D eigenvalue weighted by Gasteiger charge is 2.42. The number of carbonyl (C=O) groups excluding carboxylic acids is 1. The molecule has 0 unspecified atom stereocenters. The number of nitrogens with zero attached hydrogens (tertiary/aromatic N) is 2. The molecule has 0 aromatic carbocycles. The van der Waals surface area contributed by atoms with Crippen LogP contribution >= 0.6 is 11.3 Å². The first-order valence-corrected chi connectivity index (χ1v) is 7.98. The molecule has 4 nitrogen and oxygen atoms in total. The second-order valence-electron chi connectivity index (χ2n) is 5.66. The van der Waals surface area contributed by atoms with Crippen molar-refractivity contribution in [2.45, 2.75) is 44.6 Å². The van der Waals surface area contributed by atoms with Gasteiger partial charge in [-0.15, -0.1) is 11.3 Å². The number of hydrogen-bond donors (Lipinski definition) is 1. The van der Waals surface area contributed by atoms with E-state index in [-0.39, 0.29) is 11.4 Å². The molecule has 2 heterocycles. The van der Waals surface area contributed by atoms with Crippen LogP contribution in [0.5, 0.6) is 0 Å². The molecule has 0 bridgehead atoms. The molecule has 1 N–H and O–H groups in total. The first-order valence-electron chi connectivity index (χ1n) is 7.16. The van der Waals surface area contributed by atoms with Gasteiger partial charge in [-0.05, 0) is 19.8 Å². The molecule has 1 aromatic heterocycles. The molecule has 0 radical (unpaired) electrons. The van der Waals surface area contributed by atoms with Crippen LogP contribution < -0.4 is 5.32 Å². The first kappa shape index (κ1) is 13.1. The van der Waals surface area contributed by atoms with Gasteiger partial charge in [-0.1, -0.05) is 19.3 Å². The number of aryl methyl sites for hydroxylation is 1. The van der Waals surface area contributed by atoms with Crippen LogP contribution in [0.15, 0.2) is 6.20 Å². The molecule has 0 atom stereocenters. The van der Waals surface area contributed by atoms with Crippen molar-refractivity contribution in [2.24, 2.45) is 0 Å². The van der Waals surface area contributed by atoms with Crippen molar-refractivity contribution in [2.75, 3.05) is 19.6 Å². The fraction of sp³-hybridized carbons (Fsp3) is 0.714. The summed E-state index contributed by atoms with van der Waals surface area (Å²) in [4.78, 5) is 19.9. The molecular weight excluding hydrogens is 258 g/mol. The summed E-state index contributed by atoms with van der Waals surface area (Å²) in [5.41, 5.74) is 0.0610. The van der Waals surface area contributed by atoms with Gasteiger partial charge in [-0.2, -0.15) is 0 Å². The van der Waals surface area contributed by atoms with Gasteiger partial charge in [0, 0.05) is 19.6 Å². The largest absolute Gasteiger partial charge is 0.330 e. The number of nitrogens with one attached hydrogen (secondary N) is 1. The van der Waals surface area contributed by atoms with Gasteiger partial charge in [0.2, 0.25) is 0 Å². The Kier molecular flexibility index (Phi) is 3.58. The Morgan fingerprint density at radius 1 is 1.42 bits per heavy atom. The van der Waals surface area contributed by atoms with E-state index in [1.165, 1.54) is 30.6 Å². The molecule has 1 aliphatic heterocycles. The molecule has 1 saturated carbocycles. The summed E-state index contributed by atoms with van der Waals surface area (Å²) in [7, 11) is 0. The molecule has 1 aromatic rings. The Bertz CT molecular complexity index is 457. The average molecular weight is 279 g/mol. The monoisotopic (exact) mass is 279 g/mol. The molecule has 104 valence electrons. The second kappa shape index (κ2) is 5.21. The molecule has 2 fully saturated rings. The van der Waals surface area contributed by atoms with Gasteiger partial charge in [0.05, 0.1) is 16.7 Å². The SMILES string of the molecule is Cc1ncc(C(=O)N2CCNCC23CCCCC3)s1. The smallest absolute Gasteiger partial charge is 0.266 e. The van der Waals surface area contributed by atoms with E-state index in [4.69, 9.17) is 0 Å². The Hall–Kier alpha value is -0.940. The Morgan fingerprint density at radius 3 is 2.89 bits per heavy atom. The summed E-state index contributed by atoms with van der Waals surface area (Å²) in [6.07, 6.45) is 7.82. The van der Waals surface area contributed by atoms with Gasteiger partial charge in [-0.25, -0.2) is 4.98 Å². The summed E-state index contributed by atoms with van der Waals surface area (Å²) in [6, 6.07) is 0. The summed E-state index contributed by atoms with van der Waals surface area (Å²) in [5.74, 6) is 0.189. The number of rotatable bonds is 1. The second-order valence-corrected chi connectivity index (χ2v) is 6.90. The van der Waals surface area contributed by atoms with Gasteiger partial charge in [0.1, 0.15) is 4.88 Å². The normalized spacial score (nSPS) is 22.7. The zero-order chi connectivity index (χ0) is 13.3. The number of carbonyl (C=O) groups is 1. The van der Waals surface area contributed by atoms with Crippen molar-refractivity contribution < 1.29 is 4.79 Å². The zero-order valence-electron chi connectivity index (χ0n) is 11.4. The molecule has 3 rings (SSSR count). The maximum Gasteiger partial charge on any atom is 0.266 e. The van der Waals surface area contributed by atoms with E-state index in [0.29, 0.717) is 0 Å². The van der Waals surface area contributed by atoms with E-state index < -0.39 is 0 Å². The number of aromatic nitrogens is 1. The lowest BCUT2D eigenvalue weighted by atomic mass is 9.79. The summed E-state index contributed by atoms with van der Waals surface area (Å²) in [6.45, 7) is 4.65. The first-order chi connectivity index (χ1) is 9.21. The van der Waals surface area contributed by atoms with Crippen molar-refractivity contribution in [3.8, 4) is 0 Å². The van der Waals surface area contributed by atoms with E-state index in [2.05, 4.69) is 15.2 Å². The third kappa shape index (κ3) is 2.41. The molecular formula is C14H21N3OS. The Labute approximate surface area is 118 Å². The van der Waals surface area contributed by atoms with E-state index in [1.54, 1.807) is 6.20 Å². The Morgan fingerprint density at radius 2 is 2.21 bits per heavy atom. The van der Waals surface area contributed by atoms with Crippen LogP contribution in [0.1, 0.15) is 46.8 Å². The van der Waals surface area contributed by atoms with Gasteiger partial charge < -0.3 is 10.2 Å². The highest BCUT2D eigenvalue weighted by molar-refractivity contribution is 7.13. The standard InChI is InChI=1S/C14H21N3OS/c1-11-16-9-12(19-11)13(18)17-8-7-15-10-14(17)5-3-2-4-6-14/h9,15H,2-8,10H2,1H3. The topological polar surface area (TPSA) is 45.2 Å². The van der Waals surface area contributed by atoms with Gasteiger partial charge in [0.25, 0.3) is 5.91 Å². The van der Waals surface area contributed by atoms with Crippen LogP contribution in [-0.4, -0.2) is 41.0 Å². The summed E-state index contributed by atoms with van der Waals surface area (Å²) >= 11 is 1.51. The van der Waals surface area contributed by atoms with Crippen LogP contribution in [0, 0.1) is 6.92 Å². The van der Waals surface area contributed by atoms with Gasteiger partial charge >= 0.3 is 0 Å². The number of piperazine rings is 1. The molecule has 2 aliphatic rings. The lowest BCUT2D eigenvalue weighted by molar-refractivity contribution is 0.0227. The van der Waals surface area contributed by atoms with Crippen molar-refractivity contribution >= 4 is 17.2 Å². The quantitative estimate of drug-likeness (QED) is 0.857. The predicted octanol–water partition coefficient (Wildman–Crippen LogP) is 2.20. The third-order valence-corrected chi connectivity index (χ3v) is 5.30. The molecule has 1 amide bonds. The minimum absolute atomic E-state index is 0.0610. The van der Waals surface area contributed by atoms with Gasteiger partial charge in [-0.3, -0.25) is 4.79 Å². The van der Waals surface area contributed by atoms with Crippen LogP contribution in [-0.2, 0) is 0 Å². The predicted molar refractivity (Wildman–Crippen MR) is 76.6 cm³/mol. The lowest BCUT2D eigenvalue weighted by Crippen LogP contribution is -2.63. The third-order valence-electron chi connectivity index (χ3n) is 4.40. The minimum Gasteiger partial charge on any atom is -0.330 e. The minimum atomic E-state index is 0.0610. The highest BCUT2D eigenvalue weighted by atomic mass is 32.1. The number of hydrogen-bond acceptors (Lipinski definition) is 4. The fourth-order valence-corrected chi connectivity index (χ4v) is 4.14. The summed E-state index contributed by atoms with van der Waals surface area (Å²) in [5, 5.41) is 4.45. The Balaban J connectivity index is 1.85. The number of amides is 1. The van der Waals surface area contributed by atoms with Crippen LogP contribution in [0.3, 0.4) is 0 Å². The van der Waals surface area contributed by atoms with Crippen LogP contribution in [0.25, 0.3) is 0 Å². The van der Waals surface area contributed by atoms with Crippen LogP contribution in [0.2, 0.25) is 0 Å². The maximum absolute atomic E-state index is 12.8. The van der Waals surface area contributed by atoms with Crippen molar-refractivity contribution in [1.82, 2.24) is 15.2 Å². The van der Waals surface area contributed by atoms with E-state index in [1.807, 2.05) is 6.92 Å². The van der Waals surface area contributed by atoms with Crippen LogP contribution in [0.4, 0.5) is 0 Å².